The summed E-state index contributed by atoms with van der Waals surface area (Å²) >= 11 is 0. The van der Waals surface area contributed by atoms with Gasteiger partial charge in [0.2, 0.25) is 0 Å². The number of benzene rings is 3. The molecule has 0 aliphatic heterocycles. The zero-order chi connectivity index (χ0) is 15.6. The number of nitrogens with one attached hydrogen (secondary N) is 1. The van der Waals surface area contributed by atoms with E-state index >= 15 is 0 Å². The molecule has 0 amide bonds. The van der Waals surface area contributed by atoms with Crippen molar-refractivity contribution in [1.82, 2.24) is 15.4 Å². The average Bonchev–Trinajstić information content (AvgIpc) is 3.10. The Labute approximate surface area is 133 Å². The topological polar surface area (TPSA) is 65.4 Å². The van der Waals surface area contributed by atoms with Crippen molar-refractivity contribution in [1.29, 1.82) is 5.26 Å². The summed E-state index contributed by atoms with van der Waals surface area (Å²) < 4.78 is 0. The van der Waals surface area contributed by atoms with E-state index in [1.165, 1.54) is 16.3 Å². The number of fused-ring (bicyclic) bond motifs is 1. The van der Waals surface area contributed by atoms with E-state index in [9.17, 15) is 0 Å². The molecule has 0 saturated heterocycles. The van der Waals surface area contributed by atoms with Gasteiger partial charge in [-0.25, -0.2) is 5.10 Å². The molecule has 0 aliphatic carbocycles. The zero-order valence-corrected chi connectivity index (χ0v) is 12.2. The quantitative estimate of drug-likeness (QED) is 0.604. The first-order valence-corrected chi connectivity index (χ1v) is 7.26. The van der Waals surface area contributed by atoms with Gasteiger partial charge in [0.05, 0.1) is 0 Å². The highest BCUT2D eigenvalue weighted by molar-refractivity contribution is 5.96. The first kappa shape index (κ1) is 13.2. The normalized spacial score (nSPS) is 10.6. The van der Waals surface area contributed by atoms with Crippen LogP contribution in [0.4, 0.5) is 0 Å². The van der Waals surface area contributed by atoms with Crippen LogP contribution in [-0.4, -0.2) is 15.4 Å². The van der Waals surface area contributed by atoms with Gasteiger partial charge in [0, 0.05) is 5.56 Å². The van der Waals surface area contributed by atoms with Gasteiger partial charge in [0.25, 0.3) is 0 Å². The summed E-state index contributed by atoms with van der Waals surface area (Å²) in [6.07, 6.45) is 0. The summed E-state index contributed by atoms with van der Waals surface area (Å²) in [6.45, 7) is 0. The molecule has 4 nitrogen and oxygen atoms in total. The monoisotopic (exact) mass is 296 g/mol. The van der Waals surface area contributed by atoms with Gasteiger partial charge in [-0.3, -0.25) is 0 Å². The SMILES string of the molecule is N#Cc1[nH]nnc1-c1ccc(-c2cccc3ccccc23)cc1. The lowest BCUT2D eigenvalue weighted by atomic mass is 9.97. The van der Waals surface area contributed by atoms with Crippen LogP contribution in [0.1, 0.15) is 5.69 Å². The Bertz CT molecular complexity index is 1020. The van der Waals surface area contributed by atoms with Crippen molar-refractivity contribution >= 4 is 10.8 Å². The van der Waals surface area contributed by atoms with Crippen molar-refractivity contribution in [3.8, 4) is 28.5 Å². The molecule has 0 fully saturated rings. The van der Waals surface area contributed by atoms with Crippen LogP contribution in [0, 0.1) is 11.3 Å². The third-order valence-electron chi connectivity index (χ3n) is 3.92. The fraction of sp³-hybridized carbons (Fsp3) is 0. The molecule has 0 saturated carbocycles. The van der Waals surface area contributed by atoms with Crippen LogP contribution in [0.5, 0.6) is 0 Å². The lowest BCUT2D eigenvalue weighted by Gasteiger charge is -2.07. The molecule has 4 heteroatoms. The fourth-order valence-corrected chi connectivity index (χ4v) is 2.79. The first-order valence-electron chi connectivity index (χ1n) is 7.26. The first-order chi connectivity index (χ1) is 11.4. The highest BCUT2D eigenvalue weighted by Gasteiger charge is 2.10. The molecular weight excluding hydrogens is 284 g/mol. The molecule has 1 heterocycles. The number of hydrogen-bond donors (Lipinski definition) is 1. The van der Waals surface area contributed by atoms with Crippen LogP contribution in [0.15, 0.2) is 66.7 Å². The number of aromatic amines is 1. The lowest BCUT2D eigenvalue weighted by molar-refractivity contribution is 0.937. The van der Waals surface area contributed by atoms with Gasteiger partial charge in [0.1, 0.15) is 11.8 Å². The fourth-order valence-electron chi connectivity index (χ4n) is 2.79. The molecule has 0 bridgehead atoms. The van der Waals surface area contributed by atoms with Gasteiger partial charge >= 0.3 is 0 Å². The number of H-pyrrole nitrogens is 1. The summed E-state index contributed by atoms with van der Waals surface area (Å²) in [5.41, 5.74) is 4.15. The van der Waals surface area contributed by atoms with Gasteiger partial charge in [-0.15, -0.1) is 5.10 Å². The van der Waals surface area contributed by atoms with Crippen LogP contribution in [0.2, 0.25) is 0 Å². The Morgan fingerprint density at radius 3 is 2.39 bits per heavy atom. The predicted octanol–water partition coefficient (Wildman–Crippen LogP) is 4.16. The third-order valence-corrected chi connectivity index (χ3v) is 3.92. The van der Waals surface area contributed by atoms with E-state index in [1.807, 2.05) is 30.3 Å². The molecule has 1 N–H and O–H groups in total. The minimum Gasteiger partial charge on any atom is -0.247 e. The summed E-state index contributed by atoms with van der Waals surface area (Å²) in [5, 5.41) is 21.8. The standard InChI is InChI=1S/C19H12N4/c20-12-18-19(22-23-21-18)15-10-8-14(9-11-15)17-7-3-5-13-4-1-2-6-16(13)17/h1-11H,(H,21,22,23). The molecule has 0 atom stereocenters. The summed E-state index contributed by atoms with van der Waals surface area (Å²) in [4.78, 5) is 0. The smallest absolute Gasteiger partial charge is 0.163 e. The van der Waals surface area contributed by atoms with Crippen molar-refractivity contribution < 1.29 is 0 Å². The Morgan fingerprint density at radius 1 is 0.826 bits per heavy atom. The van der Waals surface area contributed by atoms with Crippen LogP contribution < -0.4 is 0 Å². The molecule has 4 rings (SSSR count). The predicted molar refractivity (Wildman–Crippen MR) is 89.5 cm³/mol. The van der Waals surface area contributed by atoms with E-state index in [4.69, 9.17) is 5.26 Å². The molecule has 0 radical (unpaired) electrons. The van der Waals surface area contributed by atoms with Gasteiger partial charge in [-0.05, 0) is 21.9 Å². The second kappa shape index (κ2) is 5.39. The average molecular weight is 296 g/mol. The Morgan fingerprint density at radius 2 is 1.57 bits per heavy atom. The molecular formula is C19H12N4. The van der Waals surface area contributed by atoms with Gasteiger partial charge in [-0.1, -0.05) is 71.9 Å². The van der Waals surface area contributed by atoms with Crippen molar-refractivity contribution in [2.75, 3.05) is 0 Å². The molecule has 4 aromatic rings. The molecule has 1 aromatic heterocycles. The van der Waals surface area contributed by atoms with Gasteiger partial charge < -0.3 is 0 Å². The van der Waals surface area contributed by atoms with Crippen LogP contribution in [0.3, 0.4) is 0 Å². The number of hydrogen-bond acceptors (Lipinski definition) is 3. The Balaban J connectivity index is 1.81. The van der Waals surface area contributed by atoms with Gasteiger partial charge in [-0.2, -0.15) is 5.26 Å². The largest absolute Gasteiger partial charge is 0.247 e. The van der Waals surface area contributed by atoms with Crippen molar-refractivity contribution in [3.05, 3.63) is 72.4 Å². The van der Waals surface area contributed by atoms with Gasteiger partial charge in [0.15, 0.2) is 5.69 Å². The van der Waals surface area contributed by atoms with Crippen LogP contribution in [-0.2, 0) is 0 Å². The van der Waals surface area contributed by atoms with E-state index in [0.717, 1.165) is 11.1 Å². The zero-order valence-electron chi connectivity index (χ0n) is 12.2. The summed E-state index contributed by atoms with van der Waals surface area (Å²) in [6, 6.07) is 24.7. The highest BCUT2D eigenvalue weighted by Crippen LogP contribution is 2.30. The Kier molecular flexibility index (Phi) is 3.10. The number of rotatable bonds is 2. The Hall–Kier alpha value is -3.45. The number of nitrogens with zero attached hydrogens (tertiary/aromatic N) is 3. The van der Waals surface area contributed by atoms with Crippen molar-refractivity contribution in [2.45, 2.75) is 0 Å². The van der Waals surface area contributed by atoms with Crippen LogP contribution in [0.25, 0.3) is 33.2 Å². The van der Waals surface area contributed by atoms with E-state index in [1.54, 1.807) is 0 Å². The van der Waals surface area contributed by atoms with E-state index < -0.39 is 0 Å². The number of nitriles is 1. The third kappa shape index (κ3) is 2.25. The molecule has 0 aliphatic rings. The second-order valence-corrected chi connectivity index (χ2v) is 5.25. The molecule has 3 aromatic carbocycles. The molecule has 108 valence electrons. The maximum Gasteiger partial charge on any atom is 0.163 e. The maximum atomic E-state index is 9.06. The van der Waals surface area contributed by atoms with Crippen molar-refractivity contribution in [2.24, 2.45) is 0 Å². The minimum absolute atomic E-state index is 0.378. The molecule has 0 spiro atoms. The van der Waals surface area contributed by atoms with Crippen LogP contribution >= 0.6 is 0 Å². The maximum absolute atomic E-state index is 9.06. The van der Waals surface area contributed by atoms with E-state index in [-0.39, 0.29) is 0 Å². The summed E-state index contributed by atoms with van der Waals surface area (Å²) in [5.74, 6) is 0. The van der Waals surface area contributed by atoms with E-state index in [2.05, 4.69) is 57.9 Å². The van der Waals surface area contributed by atoms with Crippen molar-refractivity contribution in [3.63, 3.8) is 0 Å². The lowest BCUT2D eigenvalue weighted by Crippen LogP contribution is -1.85. The summed E-state index contributed by atoms with van der Waals surface area (Å²) in [7, 11) is 0. The minimum atomic E-state index is 0.378. The van der Waals surface area contributed by atoms with E-state index in [0.29, 0.717) is 11.4 Å². The highest BCUT2D eigenvalue weighted by atomic mass is 15.3. The second-order valence-electron chi connectivity index (χ2n) is 5.25. The molecule has 23 heavy (non-hydrogen) atoms. The molecule has 0 unspecified atom stereocenters. The number of aromatic nitrogens is 3.